The number of carbonyl (C=O) groups excluding carboxylic acids is 1. The van der Waals surface area contributed by atoms with Crippen molar-refractivity contribution in [2.45, 2.75) is 32.7 Å². The number of guanidine groups is 1. The van der Waals surface area contributed by atoms with E-state index in [0.717, 1.165) is 56.3 Å². The first-order valence-corrected chi connectivity index (χ1v) is 11.3. The van der Waals surface area contributed by atoms with Gasteiger partial charge in [0.05, 0.1) is 6.54 Å². The van der Waals surface area contributed by atoms with Crippen LogP contribution in [-0.2, 0) is 11.3 Å². The van der Waals surface area contributed by atoms with E-state index in [1.165, 1.54) is 0 Å². The van der Waals surface area contributed by atoms with Crippen LogP contribution >= 0.6 is 24.0 Å². The van der Waals surface area contributed by atoms with Gasteiger partial charge in [0.1, 0.15) is 19.0 Å². The SMILES string of the molecule is CCNC(=NCc1ccc(OCCOc2ccccc2)nc1)NCCCN1CCCC1=O.I. The molecule has 0 atom stereocenters. The molecule has 0 aliphatic carbocycles. The van der Waals surface area contributed by atoms with Crippen molar-refractivity contribution in [3.63, 3.8) is 0 Å². The predicted molar refractivity (Wildman–Crippen MR) is 140 cm³/mol. The van der Waals surface area contributed by atoms with Gasteiger partial charge >= 0.3 is 0 Å². The smallest absolute Gasteiger partial charge is 0.222 e. The number of rotatable bonds is 12. The molecule has 2 N–H and O–H groups in total. The molecule has 9 heteroatoms. The van der Waals surface area contributed by atoms with E-state index in [-0.39, 0.29) is 29.9 Å². The zero-order valence-corrected chi connectivity index (χ0v) is 21.5. The third-order valence-corrected chi connectivity index (χ3v) is 4.98. The summed E-state index contributed by atoms with van der Waals surface area (Å²) in [6.07, 6.45) is 4.35. The molecule has 0 spiro atoms. The lowest BCUT2D eigenvalue weighted by atomic mass is 10.3. The van der Waals surface area contributed by atoms with Gasteiger partial charge < -0.3 is 25.0 Å². The Labute approximate surface area is 213 Å². The summed E-state index contributed by atoms with van der Waals surface area (Å²) in [5, 5.41) is 6.58. The van der Waals surface area contributed by atoms with Crippen LogP contribution in [0.15, 0.2) is 53.7 Å². The average Bonchev–Trinajstić information content (AvgIpc) is 3.24. The molecule has 8 nitrogen and oxygen atoms in total. The maximum atomic E-state index is 11.7. The second-order valence-electron chi connectivity index (χ2n) is 7.47. The Morgan fingerprint density at radius 3 is 2.64 bits per heavy atom. The maximum Gasteiger partial charge on any atom is 0.222 e. The number of nitrogens with one attached hydrogen (secondary N) is 2. The van der Waals surface area contributed by atoms with Gasteiger partial charge in [-0.15, -0.1) is 24.0 Å². The second kappa shape index (κ2) is 15.3. The lowest BCUT2D eigenvalue weighted by molar-refractivity contribution is -0.127. The standard InChI is InChI=1S/C24H33N5O3.HI/c1-2-25-24(26-13-7-15-29-14-6-10-23(29)30)28-19-20-11-12-22(27-18-20)32-17-16-31-21-8-4-3-5-9-21;/h3-5,8-9,11-12,18H,2,6-7,10,13-17,19H2,1H3,(H2,25,26,28);1H. The fraction of sp³-hybridized carbons (Fsp3) is 0.458. The van der Waals surface area contributed by atoms with Crippen molar-refractivity contribution in [3.8, 4) is 11.6 Å². The molecule has 1 aliphatic heterocycles. The van der Waals surface area contributed by atoms with Gasteiger partial charge in [-0.1, -0.05) is 24.3 Å². The number of halogens is 1. The molecule has 33 heavy (non-hydrogen) atoms. The highest BCUT2D eigenvalue weighted by Crippen LogP contribution is 2.11. The minimum Gasteiger partial charge on any atom is -0.490 e. The van der Waals surface area contributed by atoms with Crippen LogP contribution < -0.4 is 20.1 Å². The lowest BCUT2D eigenvalue weighted by Crippen LogP contribution is -2.39. The largest absolute Gasteiger partial charge is 0.490 e. The van der Waals surface area contributed by atoms with Crippen molar-refractivity contribution in [1.82, 2.24) is 20.5 Å². The molecule has 1 fully saturated rings. The van der Waals surface area contributed by atoms with E-state index in [1.807, 2.05) is 54.3 Å². The maximum absolute atomic E-state index is 11.7. The van der Waals surface area contributed by atoms with Crippen LogP contribution in [0.4, 0.5) is 0 Å². The van der Waals surface area contributed by atoms with Crippen LogP contribution in [0.1, 0.15) is 31.7 Å². The molecule has 1 aromatic carbocycles. The molecule has 3 rings (SSSR count). The monoisotopic (exact) mass is 567 g/mol. The summed E-state index contributed by atoms with van der Waals surface area (Å²) in [5.74, 6) is 2.43. The van der Waals surface area contributed by atoms with E-state index in [2.05, 4.69) is 20.6 Å². The van der Waals surface area contributed by atoms with Crippen molar-refractivity contribution < 1.29 is 14.3 Å². The first-order chi connectivity index (χ1) is 15.7. The number of pyridine rings is 1. The zero-order chi connectivity index (χ0) is 22.4. The summed E-state index contributed by atoms with van der Waals surface area (Å²) in [6.45, 7) is 6.68. The molecule has 1 aliphatic rings. The number of carbonyl (C=O) groups is 1. The van der Waals surface area contributed by atoms with Gasteiger partial charge in [0.2, 0.25) is 11.8 Å². The Balaban J connectivity index is 0.00000385. The van der Waals surface area contributed by atoms with Gasteiger partial charge in [0.15, 0.2) is 5.96 Å². The Morgan fingerprint density at radius 1 is 1.12 bits per heavy atom. The predicted octanol–water partition coefficient (Wildman–Crippen LogP) is 3.23. The third kappa shape index (κ3) is 9.85. The van der Waals surface area contributed by atoms with Crippen molar-refractivity contribution in [2.75, 3.05) is 39.4 Å². The first-order valence-electron chi connectivity index (χ1n) is 11.3. The Bertz CT molecular complexity index is 849. The van der Waals surface area contributed by atoms with Crippen molar-refractivity contribution in [2.24, 2.45) is 4.99 Å². The number of nitrogens with zero attached hydrogens (tertiary/aromatic N) is 3. The van der Waals surface area contributed by atoms with E-state index in [0.29, 0.717) is 32.1 Å². The third-order valence-electron chi connectivity index (χ3n) is 4.98. The van der Waals surface area contributed by atoms with Crippen molar-refractivity contribution in [3.05, 3.63) is 54.2 Å². The minimum absolute atomic E-state index is 0. The minimum atomic E-state index is 0. The molecule has 1 amide bonds. The summed E-state index contributed by atoms with van der Waals surface area (Å²) in [4.78, 5) is 22.6. The number of ether oxygens (including phenoxy) is 2. The van der Waals surface area contributed by atoms with Gasteiger partial charge in [-0.2, -0.15) is 0 Å². The highest BCUT2D eigenvalue weighted by Gasteiger charge is 2.18. The molecule has 180 valence electrons. The molecule has 0 radical (unpaired) electrons. The number of hydrogen-bond donors (Lipinski definition) is 2. The summed E-state index contributed by atoms with van der Waals surface area (Å²) >= 11 is 0. The molecule has 1 aromatic heterocycles. The fourth-order valence-electron chi connectivity index (χ4n) is 3.34. The second-order valence-corrected chi connectivity index (χ2v) is 7.47. The number of aromatic nitrogens is 1. The Morgan fingerprint density at radius 2 is 1.94 bits per heavy atom. The average molecular weight is 567 g/mol. The van der Waals surface area contributed by atoms with Crippen LogP contribution in [0.3, 0.4) is 0 Å². The molecule has 0 unspecified atom stereocenters. The molecule has 1 saturated heterocycles. The molecular formula is C24H34IN5O3. The van der Waals surface area contributed by atoms with Crippen LogP contribution in [0.5, 0.6) is 11.6 Å². The van der Waals surface area contributed by atoms with Gasteiger partial charge in [0, 0.05) is 44.9 Å². The van der Waals surface area contributed by atoms with E-state index >= 15 is 0 Å². The van der Waals surface area contributed by atoms with E-state index in [4.69, 9.17) is 9.47 Å². The topological polar surface area (TPSA) is 88.1 Å². The molecule has 0 bridgehead atoms. The lowest BCUT2D eigenvalue weighted by Gasteiger charge is -2.16. The first kappa shape index (κ1) is 26.7. The molecule has 2 aromatic rings. The number of benzene rings is 1. The van der Waals surface area contributed by atoms with E-state index in [9.17, 15) is 4.79 Å². The summed E-state index contributed by atoms with van der Waals surface area (Å²) in [7, 11) is 0. The van der Waals surface area contributed by atoms with Gasteiger partial charge in [-0.25, -0.2) is 9.98 Å². The normalized spacial score (nSPS) is 13.4. The fourth-order valence-corrected chi connectivity index (χ4v) is 3.34. The van der Waals surface area contributed by atoms with E-state index < -0.39 is 0 Å². The number of aliphatic imine (C=N–C) groups is 1. The van der Waals surface area contributed by atoms with Gasteiger partial charge in [-0.3, -0.25) is 4.79 Å². The van der Waals surface area contributed by atoms with E-state index in [1.54, 1.807) is 6.20 Å². The molecular weight excluding hydrogens is 533 g/mol. The number of hydrogen-bond acceptors (Lipinski definition) is 5. The zero-order valence-electron chi connectivity index (χ0n) is 19.2. The van der Waals surface area contributed by atoms with Crippen LogP contribution in [0, 0.1) is 0 Å². The highest BCUT2D eigenvalue weighted by molar-refractivity contribution is 14.0. The summed E-state index contributed by atoms with van der Waals surface area (Å²) in [6, 6.07) is 13.5. The van der Waals surface area contributed by atoms with Crippen LogP contribution in [0.2, 0.25) is 0 Å². The summed E-state index contributed by atoms with van der Waals surface area (Å²) < 4.78 is 11.2. The Kier molecular flexibility index (Phi) is 12.4. The van der Waals surface area contributed by atoms with Crippen LogP contribution in [-0.4, -0.2) is 61.1 Å². The van der Waals surface area contributed by atoms with Gasteiger partial charge in [-0.05, 0) is 37.5 Å². The number of amides is 1. The van der Waals surface area contributed by atoms with Gasteiger partial charge in [0.25, 0.3) is 0 Å². The Hall–Kier alpha value is -2.56. The summed E-state index contributed by atoms with van der Waals surface area (Å²) in [5.41, 5.74) is 0.998. The number of likely N-dealkylation sites (tertiary alicyclic amines) is 1. The quantitative estimate of drug-likeness (QED) is 0.177. The highest BCUT2D eigenvalue weighted by atomic mass is 127. The molecule has 0 saturated carbocycles. The molecule has 2 heterocycles. The van der Waals surface area contributed by atoms with Crippen LogP contribution in [0.25, 0.3) is 0 Å². The van der Waals surface area contributed by atoms with Crippen molar-refractivity contribution in [1.29, 1.82) is 0 Å². The number of para-hydroxylation sites is 1. The van der Waals surface area contributed by atoms with Crippen molar-refractivity contribution >= 4 is 35.8 Å².